The Labute approximate surface area is 324 Å². The fourth-order valence-corrected chi connectivity index (χ4v) is 8.54. The molecule has 56 heavy (non-hydrogen) atoms. The zero-order chi connectivity index (χ0) is 37.0. The lowest BCUT2D eigenvalue weighted by atomic mass is 9.81. The number of aromatic nitrogens is 3. The standard InChI is InChI=1S/C51H34N4O/c1-4-14-33(15-5-1)35-26-28-37(29-27-35)50-52-49(36-18-8-3-9-19-36)53-51(54-50)41-23-13-25-44-47(41)48-45(56-44)31-30-43-46(48)40-22-10-11-24-42(40)55(43)39-21-12-20-38(32-39)34-16-6-2-7-17-34/h1-32,43,46H. The van der Waals surface area contributed by atoms with Gasteiger partial charge in [0, 0.05) is 44.9 Å². The van der Waals surface area contributed by atoms with Gasteiger partial charge in [-0.25, -0.2) is 15.0 Å². The average molecular weight is 719 g/mol. The third-order valence-corrected chi connectivity index (χ3v) is 11.1. The quantitative estimate of drug-likeness (QED) is 0.171. The van der Waals surface area contributed by atoms with Crippen molar-refractivity contribution in [2.24, 2.45) is 0 Å². The summed E-state index contributed by atoms with van der Waals surface area (Å²) in [5.41, 5.74) is 13.1. The first-order valence-corrected chi connectivity index (χ1v) is 19.0. The molecule has 3 heterocycles. The van der Waals surface area contributed by atoms with Crippen molar-refractivity contribution in [1.82, 2.24) is 15.0 Å². The fourth-order valence-electron chi connectivity index (χ4n) is 8.54. The van der Waals surface area contributed by atoms with Gasteiger partial charge in [-0.2, -0.15) is 0 Å². The molecule has 1 aliphatic carbocycles. The second kappa shape index (κ2) is 13.2. The molecule has 0 radical (unpaired) electrons. The molecule has 0 N–H and O–H groups in total. The van der Waals surface area contributed by atoms with Crippen LogP contribution in [-0.2, 0) is 0 Å². The van der Waals surface area contributed by atoms with Crippen LogP contribution in [0.3, 0.4) is 0 Å². The van der Waals surface area contributed by atoms with Gasteiger partial charge in [0.1, 0.15) is 11.3 Å². The number of benzene rings is 7. The first-order valence-electron chi connectivity index (χ1n) is 19.0. The molecular weight excluding hydrogens is 685 g/mol. The van der Waals surface area contributed by atoms with E-state index in [1.165, 1.54) is 27.9 Å². The van der Waals surface area contributed by atoms with E-state index in [-0.39, 0.29) is 12.0 Å². The Morgan fingerprint density at radius 1 is 0.464 bits per heavy atom. The monoisotopic (exact) mass is 718 g/mol. The van der Waals surface area contributed by atoms with Gasteiger partial charge in [0.05, 0.1) is 6.04 Å². The maximum Gasteiger partial charge on any atom is 0.164 e. The van der Waals surface area contributed by atoms with Crippen LogP contribution in [0.1, 0.15) is 22.8 Å². The van der Waals surface area contributed by atoms with Gasteiger partial charge in [0.15, 0.2) is 17.5 Å². The maximum atomic E-state index is 6.70. The van der Waals surface area contributed by atoms with Crippen molar-refractivity contribution in [2.75, 3.05) is 4.90 Å². The Morgan fingerprint density at radius 3 is 1.75 bits per heavy atom. The van der Waals surface area contributed by atoms with Gasteiger partial charge < -0.3 is 9.32 Å². The molecule has 2 aliphatic rings. The smallest absolute Gasteiger partial charge is 0.164 e. The molecule has 7 aromatic carbocycles. The molecule has 2 unspecified atom stereocenters. The lowest BCUT2D eigenvalue weighted by molar-refractivity contribution is 0.584. The molecule has 9 aromatic rings. The first kappa shape index (κ1) is 32.1. The van der Waals surface area contributed by atoms with Crippen LogP contribution in [0, 0.1) is 0 Å². The molecule has 264 valence electrons. The molecular formula is C51H34N4O. The Balaban J connectivity index is 1.07. The summed E-state index contributed by atoms with van der Waals surface area (Å²) < 4.78 is 6.70. The number of fused-ring (bicyclic) bond motifs is 7. The normalized spacial score (nSPS) is 15.4. The molecule has 0 spiro atoms. The van der Waals surface area contributed by atoms with Crippen molar-refractivity contribution < 1.29 is 4.42 Å². The predicted octanol–water partition coefficient (Wildman–Crippen LogP) is 12.6. The summed E-state index contributed by atoms with van der Waals surface area (Å²) in [4.78, 5) is 17.9. The molecule has 2 aromatic heterocycles. The van der Waals surface area contributed by atoms with E-state index in [1.807, 2.05) is 42.5 Å². The molecule has 0 fully saturated rings. The van der Waals surface area contributed by atoms with Crippen LogP contribution in [0.5, 0.6) is 0 Å². The van der Waals surface area contributed by atoms with Crippen molar-refractivity contribution in [3.63, 3.8) is 0 Å². The van der Waals surface area contributed by atoms with E-state index < -0.39 is 0 Å². The lowest BCUT2D eigenvalue weighted by Crippen LogP contribution is -2.30. The highest BCUT2D eigenvalue weighted by Gasteiger charge is 2.43. The minimum absolute atomic E-state index is 0.0226. The third-order valence-electron chi connectivity index (χ3n) is 11.1. The van der Waals surface area contributed by atoms with Crippen molar-refractivity contribution in [1.29, 1.82) is 0 Å². The minimum atomic E-state index is 0.0226. The average Bonchev–Trinajstić information content (AvgIpc) is 3.83. The van der Waals surface area contributed by atoms with Gasteiger partial charge in [-0.15, -0.1) is 0 Å². The summed E-state index contributed by atoms with van der Waals surface area (Å²) in [5, 5.41) is 1.03. The highest BCUT2D eigenvalue weighted by molar-refractivity contribution is 5.99. The SMILES string of the molecule is C1=CC2C(c3ccccc3N2c2cccc(-c3ccccc3)c2)c2c1oc1cccc(-c3nc(-c4ccccc4)nc(-c4ccc(-c5ccccc5)cc4)n3)c21. The van der Waals surface area contributed by atoms with Crippen molar-refractivity contribution >= 4 is 28.4 Å². The summed E-state index contributed by atoms with van der Waals surface area (Å²) in [6.07, 6.45) is 4.46. The van der Waals surface area contributed by atoms with Crippen LogP contribution >= 0.6 is 0 Å². The molecule has 0 saturated heterocycles. The van der Waals surface area contributed by atoms with E-state index in [0.717, 1.165) is 50.2 Å². The Kier molecular flexibility index (Phi) is 7.56. The zero-order valence-corrected chi connectivity index (χ0v) is 30.3. The number of hydrogen-bond donors (Lipinski definition) is 0. The van der Waals surface area contributed by atoms with E-state index in [4.69, 9.17) is 19.4 Å². The summed E-state index contributed by atoms with van der Waals surface area (Å²) in [6, 6.07) is 63.5. The van der Waals surface area contributed by atoms with Crippen LogP contribution in [0.25, 0.3) is 73.5 Å². The molecule has 5 heteroatoms. The molecule has 1 aliphatic heterocycles. The highest BCUT2D eigenvalue weighted by Crippen LogP contribution is 2.54. The number of hydrogen-bond acceptors (Lipinski definition) is 5. The predicted molar refractivity (Wildman–Crippen MR) is 226 cm³/mol. The Bertz CT molecular complexity index is 2920. The second-order valence-electron chi connectivity index (χ2n) is 14.3. The third kappa shape index (κ3) is 5.36. The van der Waals surface area contributed by atoms with Crippen LogP contribution in [0.15, 0.2) is 192 Å². The minimum Gasteiger partial charge on any atom is -0.456 e. The van der Waals surface area contributed by atoms with Crippen LogP contribution in [0.4, 0.5) is 11.4 Å². The van der Waals surface area contributed by atoms with Gasteiger partial charge in [0.25, 0.3) is 0 Å². The molecule has 11 rings (SSSR count). The van der Waals surface area contributed by atoms with Crippen LogP contribution in [-0.4, -0.2) is 21.0 Å². The summed E-state index contributed by atoms with van der Waals surface area (Å²) in [5.74, 6) is 2.75. The van der Waals surface area contributed by atoms with Crippen LogP contribution in [0.2, 0.25) is 0 Å². The summed E-state index contributed by atoms with van der Waals surface area (Å²) in [6.45, 7) is 0. The van der Waals surface area contributed by atoms with Gasteiger partial charge in [0.2, 0.25) is 0 Å². The molecule has 0 amide bonds. The van der Waals surface area contributed by atoms with E-state index in [9.17, 15) is 0 Å². The van der Waals surface area contributed by atoms with Crippen molar-refractivity contribution in [2.45, 2.75) is 12.0 Å². The van der Waals surface area contributed by atoms with E-state index in [1.54, 1.807) is 0 Å². The molecule has 0 saturated carbocycles. The van der Waals surface area contributed by atoms with Crippen molar-refractivity contribution in [3.8, 4) is 56.4 Å². The van der Waals surface area contributed by atoms with Gasteiger partial charge in [-0.1, -0.05) is 164 Å². The number of para-hydroxylation sites is 1. The highest BCUT2D eigenvalue weighted by atomic mass is 16.3. The van der Waals surface area contributed by atoms with Gasteiger partial charge >= 0.3 is 0 Å². The summed E-state index contributed by atoms with van der Waals surface area (Å²) >= 11 is 0. The molecule has 0 bridgehead atoms. The maximum absolute atomic E-state index is 6.70. The number of nitrogens with zero attached hydrogens (tertiary/aromatic N) is 4. The van der Waals surface area contributed by atoms with E-state index in [2.05, 4.69) is 157 Å². The van der Waals surface area contributed by atoms with Gasteiger partial charge in [-0.05, 0) is 58.2 Å². The lowest BCUT2D eigenvalue weighted by Gasteiger charge is -2.30. The number of rotatable bonds is 6. The molecule has 5 nitrogen and oxygen atoms in total. The summed E-state index contributed by atoms with van der Waals surface area (Å²) in [7, 11) is 0. The first-order chi connectivity index (χ1) is 27.8. The molecule has 2 atom stereocenters. The largest absolute Gasteiger partial charge is 0.456 e. The zero-order valence-electron chi connectivity index (χ0n) is 30.3. The Morgan fingerprint density at radius 2 is 1.02 bits per heavy atom. The van der Waals surface area contributed by atoms with Crippen LogP contribution < -0.4 is 4.90 Å². The van der Waals surface area contributed by atoms with Gasteiger partial charge in [-0.3, -0.25) is 0 Å². The number of anilines is 2. The van der Waals surface area contributed by atoms with E-state index in [0.29, 0.717) is 17.5 Å². The Hall–Kier alpha value is -7.37. The topological polar surface area (TPSA) is 55.1 Å². The fraction of sp³-hybridized carbons (Fsp3) is 0.0392. The van der Waals surface area contributed by atoms with Crippen molar-refractivity contribution in [3.05, 3.63) is 205 Å². The van der Waals surface area contributed by atoms with E-state index >= 15 is 0 Å². The second-order valence-corrected chi connectivity index (χ2v) is 14.3. The number of furan rings is 1.